The number of hydrogen-bond acceptors (Lipinski definition) is 5. The van der Waals surface area contributed by atoms with Gasteiger partial charge >= 0.3 is 0 Å². The summed E-state index contributed by atoms with van der Waals surface area (Å²) in [5.41, 5.74) is 1.43. The molecule has 2 fully saturated rings. The van der Waals surface area contributed by atoms with Gasteiger partial charge in [0.25, 0.3) is 5.91 Å². The summed E-state index contributed by atoms with van der Waals surface area (Å²) in [4.78, 5) is 21.2. The first-order valence-corrected chi connectivity index (χ1v) is 10.9. The second-order valence-corrected chi connectivity index (χ2v) is 9.47. The van der Waals surface area contributed by atoms with E-state index in [-0.39, 0.29) is 23.5 Å². The van der Waals surface area contributed by atoms with Gasteiger partial charge in [0.2, 0.25) is 0 Å². The van der Waals surface area contributed by atoms with Crippen molar-refractivity contribution in [3.8, 4) is 0 Å². The molecule has 0 saturated carbocycles. The van der Waals surface area contributed by atoms with Crippen molar-refractivity contribution in [2.75, 3.05) is 36.0 Å². The summed E-state index contributed by atoms with van der Waals surface area (Å²) in [7, 11) is -3.02. The van der Waals surface area contributed by atoms with Gasteiger partial charge < -0.3 is 9.80 Å². The van der Waals surface area contributed by atoms with Gasteiger partial charge in [-0.1, -0.05) is 6.92 Å². The van der Waals surface area contributed by atoms with Crippen LogP contribution < -0.4 is 4.90 Å². The minimum absolute atomic E-state index is 0.0654. The average Bonchev–Trinajstić information content (AvgIpc) is 2.95. The van der Waals surface area contributed by atoms with Crippen LogP contribution in [-0.2, 0) is 9.84 Å². The van der Waals surface area contributed by atoms with Crippen LogP contribution in [0.25, 0.3) is 0 Å². The van der Waals surface area contributed by atoms with Crippen molar-refractivity contribution in [2.45, 2.75) is 39.2 Å². The topological polar surface area (TPSA) is 70.6 Å². The Balaban J connectivity index is 1.78. The van der Waals surface area contributed by atoms with Gasteiger partial charge in [-0.2, -0.15) is 0 Å². The lowest BCUT2D eigenvalue weighted by Gasteiger charge is -2.33. The number of piperidine rings is 1. The van der Waals surface area contributed by atoms with E-state index in [1.807, 2.05) is 19.1 Å². The van der Waals surface area contributed by atoms with E-state index in [1.165, 1.54) is 6.42 Å². The molecule has 0 bridgehead atoms. The van der Waals surface area contributed by atoms with Crippen LogP contribution in [0, 0.1) is 5.92 Å². The molecule has 2 unspecified atom stereocenters. The van der Waals surface area contributed by atoms with Gasteiger partial charge in [-0.3, -0.25) is 9.78 Å². The number of aromatic nitrogens is 1. The largest absolute Gasteiger partial charge is 0.371 e. The standard InChI is InChI=1S/C18H27N3O3S/c1-3-21(16-7-10-25(23,24)13-16)18(22)17-11-15(6-8-19-17)20-9-4-5-14(2)12-20/h6,8,11,14,16H,3-5,7,9-10,12-13H2,1-2H3. The van der Waals surface area contributed by atoms with Crippen molar-refractivity contribution in [1.29, 1.82) is 0 Å². The first kappa shape index (κ1) is 18.2. The van der Waals surface area contributed by atoms with Crippen molar-refractivity contribution in [1.82, 2.24) is 9.88 Å². The average molecular weight is 365 g/mol. The van der Waals surface area contributed by atoms with E-state index in [4.69, 9.17) is 0 Å². The van der Waals surface area contributed by atoms with Crippen LogP contribution in [0.15, 0.2) is 18.3 Å². The fraction of sp³-hybridized carbons (Fsp3) is 0.667. The normalized spacial score (nSPS) is 25.8. The molecule has 0 N–H and O–H groups in total. The molecule has 2 aliphatic heterocycles. The van der Waals surface area contributed by atoms with Gasteiger partial charge in [0.05, 0.1) is 11.5 Å². The predicted molar refractivity (Wildman–Crippen MR) is 98.6 cm³/mol. The minimum atomic E-state index is -3.02. The number of rotatable bonds is 4. The molecular weight excluding hydrogens is 338 g/mol. The Labute approximate surface area is 150 Å². The summed E-state index contributed by atoms with van der Waals surface area (Å²) in [6.45, 7) is 6.62. The highest BCUT2D eigenvalue weighted by atomic mass is 32.2. The number of hydrogen-bond donors (Lipinski definition) is 0. The quantitative estimate of drug-likeness (QED) is 0.816. The lowest BCUT2D eigenvalue weighted by Crippen LogP contribution is -2.41. The third kappa shape index (κ3) is 4.14. The third-order valence-corrected chi connectivity index (χ3v) is 6.99. The maximum Gasteiger partial charge on any atom is 0.272 e. The summed E-state index contributed by atoms with van der Waals surface area (Å²) < 4.78 is 23.5. The van der Waals surface area contributed by atoms with Crippen molar-refractivity contribution in [2.24, 2.45) is 5.92 Å². The van der Waals surface area contributed by atoms with E-state index in [9.17, 15) is 13.2 Å². The second kappa shape index (κ2) is 7.32. The molecule has 2 atom stereocenters. The fourth-order valence-electron chi connectivity index (χ4n) is 3.89. The van der Waals surface area contributed by atoms with E-state index < -0.39 is 9.84 Å². The monoisotopic (exact) mass is 365 g/mol. The molecule has 0 radical (unpaired) electrons. The molecule has 2 aliphatic rings. The molecule has 0 aliphatic carbocycles. The van der Waals surface area contributed by atoms with E-state index >= 15 is 0 Å². The Bertz CT molecular complexity index is 735. The van der Waals surface area contributed by atoms with Gasteiger partial charge in [0.1, 0.15) is 5.69 Å². The number of amides is 1. The Morgan fingerprint density at radius 3 is 2.84 bits per heavy atom. The molecule has 1 aromatic rings. The highest BCUT2D eigenvalue weighted by Crippen LogP contribution is 2.24. The van der Waals surface area contributed by atoms with Gasteiger partial charge in [-0.25, -0.2) is 8.42 Å². The lowest BCUT2D eigenvalue weighted by atomic mass is 10.00. The van der Waals surface area contributed by atoms with Crippen LogP contribution in [-0.4, -0.2) is 61.4 Å². The van der Waals surface area contributed by atoms with E-state index in [0.717, 1.165) is 25.2 Å². The number of nitrogens with zero attached hydrogens (tertiary/aromatic N) is 3. The zero-order chi connectivity index (χ0) is 18.0. The molecule has 1 aromatic heterocycles. The Hall–Kier alpha value is -1.63. The van der Waals surface area contributed by atoms with E-state index in [0.29, 0.717) is 24.6 Å². The van der Waals surface area contributed by atoms with Gasteiger partial charge in [0.15, 0.2) is 9.84 Å². The summed E-state index contributed by atoms with van der Waals surface area (Å²) in [5, 5.41) is 0. The first-order chi connectivity index (χ1) is 11.9. The maximum absolute atomic E-state index is 12.9. The minimum Gasteiger partial charge on any atom is -0.371 e. The number of anilines is 1. The molecule has 3 rings (SSSR count). The number of carbonyl (C=O) groups excluding carboxylic acids is 1. The number of sulfone groups is 1. The SMILES string of the molecule is CCN(C(=O)c1cc(N2CCCC(C)C2)ccn1)C1CCS(=O)(=O)C1. The summed E-state index contributed by atoms with van der Waals surface area (Å²) in [6.07, 6.45) is 4.60. The molecule has 3 heterocycles. The molecule has 7 heteroatoms. The lowest BCUT2D eigenvalue weighted by molar-refractivity contribution is 0.0702. The first-order valence-electron chi connectivity index (χ1n) is 9.12. The van der Waals surface area contributed by atoms with Crippen LogP contribution >= 0.6 is 0 Å². The molecule has 1 amide bonds. The van der Waals surface area contributed by atoms with Crippen molar-refractivity contribution < 1.29 is 13.2 Å². The Morgan fingerprint density at radius 2 is 2.20 bits per heavy atom. The van der Waals surface area contributed by atoms with E-state index in [1.54, 1.807) is 11.1 Å². The molecule has 6 nitrogen and oxygen atoms in total. The van der Waals surface area contributed by atoms with Crippen molar-refractivity contribution in [3.05, 3.63) is 24.0 Å². The molecule has 138 valence electrons. The Kier molecular flexibility index (Phi) is 5.32. The van der Waals surface area contributed by atoms with Crippen LogP contribution in [0.3, 0.4) is 0 Å². The molecule has 2 saturated heterocycles. The van der Waals surface area contributed by atoms with Crippen LogP contribution in [0.1, 0.15) is 43.6 Å². The van der Waals surface area contributed by atoms with Crippen LogP contribution in [0.5, 0.6) is 0 Å². The van der Waals surface area contributed by atoms with Crippen molar-refractivity contribution in [3.63, 3.8) is 0 Å². The van der Waals surface area contributed by atoms with Crippen molar-refractivity contribution >= 4 is 21.4 Å². The second-order valence-electron chi connectivity index (χ2n) is 7.24. The van der Waals surface area contributed by atoms with Gasteiger partial charge in [0, 0.05) is 37.6 Å². The van der Waals surface area contributed by atoms with Crippen LogP contribution in [0.2, 0.25) is 0 Å². The maximum atomic E-state index is 12.9. The number of pyridine rings is 1. The summed E-state index contributed by atoms with van der Waals surface area (Å²) >= 11 is 0. The van der Waals surface area contributed by atoms with E-state index in [2.05, 4.69) is 16.8 Å². The highest BCUT2D eigenvalue weighted by Gasteiger charge is 2.34. The molecule has 0 spiro atoms. The molecular formula is C18H27N3O3S. The predicted octanol–water partition coefficient (Wildman–Crippen LogP) is 1.97. The highest BCUT2D eigenvalue weighted by molar-refractivity contribution is 7.91. The molecule has 25 heavy (non-hydrogen) atoms. The molecule has 0 aromatic carbocycles. The zero-order valence-electron chi connectivity index (χ0n) is 15.0. The summed E-state index contributed by atoms with van der Waals surface area (Å²) in [6, 6.07) is 3.57. The summed E-state index contributed by atoms with van der Waals surface area (Å²) in [5.74, 6) is 0.713. The zero-order valence-corrected chi connectivity index (χ0v) is 15.8. The number of carbonyl (C=O) groups is 1. The third-order valence-electron chi connectivity index (χ3n) is 5.24. The smallest absolute Gasteiger partial charge is 0.272 e. The van der Waals surface area contributed by atoms with Gasteiger partial charge in [-0.05, 0) is 44.2 Å². The van der Waals surface area contributed by atoms with Crippen LogP contribution in [0.4, 0.5) is 5.69 Å². The fourth-order valence-corrected chi connectivity index (χ4v) is 5.62. The van der Waals surface area contributed by atoms with Gasteiger partial charge in [-0.15, -0.1) is 0 Å². The Morgan fingerprint density at radius 1 is 1.40 bits per heavy atom.